The molecule has 1 N–H and O–H groups in total. The summed E-state index contributed by atoms with van der Waals surface area (Å²) < 4.78 is 33.9. The Balaban J connectivity index is 1.53. The fraction of sp³-hybridized carbons (Fsp3) is 0.227. The molecule has 31 heavy (non-hydrogen) atoms. The Morgan fingerprint density at radius 3 is 2.74 bits per heavy atom. The van der Waals surface area contributed by atoms with Crippen molar-refractivity contribution in [1.29, 1.82) is 0 Å². The lowest BCUT2D eigenvalue weighted by Gasteiger charge is -2.31. The summed E-state index contributed by atoms with van der Waals surface area (Å²) >= 11 is 5.67. The Hall–Kier alpha value is -3.26. The molecule has 1 aliphatic rings. The number of fused-ring (bicyclic) bond motifs is 1. The molecule has 160 valence electrons. The van der Waals surface area contributed by atoms with E-state index >= 15 is 0 Å². The maximum atomic E-state index is 14.3. The summed E-state index contributed by atoms with van der Waals surface area (Å²) in [6.07, 6.45) is 7.06. The summed E-state index contributed by atoms with van der Waals surface area (Å²) in [6.45, 7) is 1.59. The number of hydrogen-bond acceptors (Lipinski definition) is 6. The van der Waals surface area contributed by atoms with Crippen LogP contribution >= 0.6 is 11.6 Å². The van der Waals surface area contributed by atoms with E-state index < -0.39 is 16.7 Å². The van der Waals surface area contributed by atoms with E-state index in [2.05, 4.69) is 20.2 Å². The van der Waals surface area contributed by atoms with Crippen LogP contribution in [0.15, 0.2) is 48.9 Å². The number of carbonyl (C=O) groups is 1. The summed E-state index contributed by atoms with van der Waals surface area (Å²) in [5.74, 6) is -0.729. The van der Waals surface area contributed by atoms with Gasteiger partial charge in [-0.3, -0.25) is 4.79 Å². The van der Waals surface area contributed by atoms with Crippen LogP contribution in [-0.2, 0) is 4.79 Å². The first-order chi connectivity index (χ1) is 15.0. The van der Waals surface area contributed by atoms with Gasteiger partial charge in [-0.1, -0.05) is 11.6 Å². The molecule has 3 aromatic rings. The first-order valence-corrected chi connectivity index (χ1v) is 10.1. The second-order valence-corrected chi connectivity index (χ2v) is 7.46. The fourth-order valence-electron chi connectivity index (χ4n) is 3.45. The molecule has 4 rings (SSSR count). The molecule has 0 unspecified atom stereocenters. The van der Waals surface area contributed by atoms with Gasteiger partial charge in [0.25, 0.3) is 0 Å². The first kappa shape index (κ1) is 21.0. The van der Waals surface area contributed by atoms with E-state index in [1.165, 1.54) is 18.5 Å². The predicted octanol–water partition coefficient (Wildman–Crippen LogP) is 4.86. The van der Waals surface area contributed by atoms with Gasteiger partial charge >= 0.3 is 0 Å². The first-order valence-electron chi connectivity index (χ1n) is 9.73. The summed E-state index contributed by atoms with van der Waals surface area (Å²) in [5.41, 5.74) is 0.653. The van der Waals surface area contributed by atoms with E-state index in [1.54, 1.807) is 18.3 Å². The molecule has 1 fully saturated rings. The molecule has 0 atom stereocenters. The van der Waals surface area contributed by atoms with E-state index in [0.717, 1.165) is 38.3 Å². The highest BCUT2D eigenvalue weighted by atomic mass is 35.5. The van der Waals surface area contributed by atoms with E-state index in [9.17, 15) is 13.6 Å². The van der Waals surface area contributed by atoms with Gasteiger partial charge in [0, 0.05) is 37.5 Å². The number of allylic oxidation sites excluding steroid dienone is 1. The molecule has 2 heterocycles. The van der Waals surface area contributed by atoms with Gasteiger partial charge < -0.3 is 15.0 Å². The Morgan fingerprint density at radius 1 is 1.16 bits per heavy atom. The second kappa shape index (κ2) is 9.26. The molecule has 0 spiro atoms. The van der Waals surface area contributed by atoms with Gasteiger partial charge in [0.1, 0.15) is 41.1 Å². The van der Waals surface area contributed by atoms with Crippen LogP contribution in [0.5, 0.6) is 5.75 Å². The highest BCUT2D eigenvalue weighted by Crippen LogP contribution is 2.31. The number of carbonyl (C=O) groups excluding carboxylic acids is 1. The zero-order chi connectivity index (χ0) is 21.8. The van der Waals surface area contributed by atoms with Crippen LogP contribution in [0.25, 0.3) is 10.9 Å². The van der Waals surface area contributed by atoms with Gasteiger partial charge in [0.05, 0.1) is 11.2 Å². The van der Waals surface area contributed by atoms with Gasteiger partial charge in [0.2, 0.25) is 0 Å². The van der Waals surface area contributed by atoms with Crippen molar-refractivity contribution in [3.8, 4) is 5.75 Å². The smallest absolute Gasteiger partial charge is 0.168 e. The number of hydrogen-bond donors (Lipinski definition) is 1. The van der Waals surface area contributed by atoms with Crippen molar-refractivity contribution < 1.29 is 18.3 Å². The van der Waals surface area contributed by atoms with Crippen LogP contribution in [0.4, 0.5) is 20.3 Å². The van der Waals surface area contributed by atoms with Gasteiger partial charge in [0.15, 0.2) is 5.82 Å². The molecule has 6 nitrogen and oxygen atoms in total. The number of piperidine rings is 1. The van der Waals surface area contributed by atoms with Gasteiger partial charge in [-0.05, 0) is 36.4 Å². The lowest BCUT2D eigenvalue weighted by Crippen LogP contribution is -2.35. The molecule has 0 amide bonds. The number of likely N-dealkylation sites (tertiary alicyclic amines) is 1. The lowest BCUT2D eigenvalue weighted by atomic mass is 10.1. The third-order valence-electron chi connectivity index (χ3n) is 5.05. The van der Waals surface area contributed by atoms with Crippen molar-refractivity contribution in [2.45, 2.75) is 18.9 Å². The molecular formula is C22H19ClF2N4O2. The number of rotatable bonds is 6. The number of halogens is 3. The van der Waals surface area contributed by atoms with Crippen molar-refractivity contribution in [3.63, 3.8) is 0 Å². The van der Waals surface area contributed by atoms with Crippen LogP contribution < -0.4 is 10.1 Å². The minimum Gasteiger partial charge on any atom is -0.490 e. The molecule has 1 aromatic heterocycles. The molecule has 1 aliphatic heterocycles. The van der Waals surface area contributed by atoms with Crippen LogP contribution in [0.2, 0.25) is 5.02 Å². The molecule has 1 saturated heterocycles. The largest absolute Gasteiger partial charge is 0.490 e. The van der Waals surface area contributed by atoms with Gasteiger partial charge in [-0.15, -0.1) is 0 Å². The van der Waals surface area contributed by atoms with Crippen LogP contribution in [0.1, 0.15) is 12.8 Å². The number of aldehydes is 1. The minimum absolute atomic E-state index is 0.00784. The van der Waals surface area contributed by atoms with Crippen molar-refractivity contribution in [2.24, 2.45) is 0 Å². The Kier molecular flexibility index (Phi) is 6.27. The maximum absolute atomic E-state index is 14.3. The third-order valence-corrected chi connectivity index (χ3v) is 5.40. The van der Waals surface area contributed by atoms with Crippen molar-refractivity contribution in [2.75, 3.05) is 18.4 Å². The average Bonchev–Trinajstić information content (AvgIpc) is 2.79. The minimum atomic E-state index is -0.892. The molecular weight excluding hydrogens is 426 g/mol. The standard InChI is InChI=1S/C22H19ClF2N4O2/c23-20-17(24)3-5-19(21(20)25)28-22-16-12-15(2-4-18(16)26-13-27-22)31-14-6-9-29(10-7-14)8-1-11-30/h1-5,8,11-14H,6-7,9-10H2,(H,26,27,28). The number of ether oxygens (including phenoxy) is 1. The topological polar surface area (TPSA) is 67.4 Å². The summed E-state index contributed by atoms with van der Waals surface area (Å²) in [5, 5.41) is 2.91. The van der Waals surface area contributed by atoms with E-state index in [-0.39, 0.29) is 11.8 Å². The SMILES string of the molecule is O=CC=CN1CCC(Oc2ccc3ncnc(Nc4ccc(F)c(Cl)c4F)c3c2)CC1. The summed E-state index contributed by atoms with van der Waals surface area (Å²) in [4.78, 5) is 21.0. The lowest BCUT2D eigenvalue weighted by molar-refractivity contribution is -0.104. The quantitative estimate of drug-likeness (QED) is 0.332. The number of aromatic nitrogens is 2. The molecule has 0 radical (unpaired) electrons. The average molecular weight is 445 g/mol. The number of nitrogens with zero attached hydrogens (tertiary/aromatic N) is 3. The Bertz CT molecular complexity index is 1130. The van der Waals surface area contributed by atoms with Crippen LogP contribution in [-0.4, -0.2) is 40.3 Å². The normalized spacial score (nSPS) is 14.9. The molecule has 2 aromatic carbocycles. The third kappa shape index (κ3) is 4.74. The second-order valence-electron chi connectivity index (χ2n) is 7.08. The Morgan fingerprint density at radius 2 is 1.97 bits per heavy atom. The maximum Gasteiger partial charge on any atom is 0.168 e. The highest BCUT2D eigenvalue weighted by Gasteiger charge is 2.19. The zero-order valence-corrected chi connectivity index (χ0v) is 17.1. The summed E-state index contributed by atoms with van der Waals surface area (Å²) in [6, 6.07) is 7.76. The molecule has 9 heteroatoms. The number of benzene rings is 2. The Labute approximate surface area is 182 Å². The summed E-state index contributed by atoms with van der Waals surface area (Å²) in [7, 11) is 0. The van der Waals surface area contributed by atoms with E-state index in [0.29, 0.717) is 22.5 Å². The van der Waals surface area contributed by atoms with Crippen molar-refractivity contribution >= 4 is 40.3 Å². The predicted molar refractivity (Wildman–Crippen MR) is 115 cm³/mol. The van der Waals surface area contributed by atoms with E-state index in [1.807, 2.05) is 6.07 Å². The fourth-order valence-corrected chi connectivity index (χ4v) is 3.62. The van der Waals surface area contributed by atoms with Gasteiger partial charge in [-0.2, -0.15) is 0 Å². The van der Waals surface area contributed by atoms with Crippen molar-refractivity contribution in [3.05, 3.63) is 65.6 Å². The number of anilines is 2. The number of nitrogens with one attached hydrogen (secondary N) is 1. The van der Waals surface area contributed by atoms with E-state index in [4.69, 9.17) is 16.3 Å². The van der Waals surface area contributed by atoms with Crippen LogP contribution in [0, 0.1) is 11.6 Å². The zero-order valence-electron chi connectivity index (χ0n) is 16.4. The van der Waals surface area contributed by atoms with Crippen molar-refractivity contribution in [1.82, 2.24) is 14.9 Å². The van der Waals surface area contributed by atoms with Crippen LogP contribution in [0.3, 0.4) is 0 Å². The molecule has 0 bridgehead atoms. The van der Waals surface area contributed by atoms with Gasteiger partial charge in [-0.25, -0.2) is 18.7 Å². The highest BCUT2D eigenvalue weighted by molar-refractivity contribution is 6.31. The molecule has 0 saturated carbocycles. The molecule has 0 aliphatic carbocycles. The monoisotopic (exact) mass is 444 g/mol.